The molecule has 0 aromatic carbocycles. The summed E-state index contributed by atoms with van der Waals surface area (Å²) in [5.41, 5.74) is 1.13. The van der Waals surface area contributed by atoms with Crippen molar-refractivity contribution in [1.82, 2.24) is 4.98 Å². The van der Waals surface area contributed by atoms with Gasteiger partial charge in [0.15, 0.2) is 0 Å². The lowest BCUT2D eigenvalue weighted by Crippen LogP contribution is -2.24. The fraction of sp³-hybridized carbons (Fsp3) is 0.250. The van der Waals surface area contributed by atoms with Crippen LogP contribution in [0.1, 0.15) is 19.0 Å². The molecule has 0 bridgehead atoms. The molecule has 1 aromatic heterocycles. The molecule has 1 aromatic rings. The number of rotatable bonds is 1. The second kappa shape index (κ2) is 3.70. The summed E-state index contributed by atoms with van der Waals surface area (Å²) < 4.78 is 1.20. The van der Waals surface area contributed by atoms with Crippen molar-refractivity contribution >= 4 is 15.9 Å². The molecule has 0 N–H and O–H groups in total. The van der Waals surface area contributed by atoms with Crippen LogP contribution in [0.15, 0.2) is 47.1 Å². The predicted octanol–water partition coefficient (Wildman–Crippen LogP) is 3.58. The molecular formula is C12H12BrN. The van der Waals surface area contributed by atoms with Crippen molar-refractivity contribution in [1.29, 1.82) is 0 Å². The average molecular weight is 250 g/mol. The van der Waals surface area contributed by atoms with Crippen molar-refractivity contribution in [2.75, 3.05) is 0 Å². The second-order valence-corrected chi connectivity index (χ2v) is 4.55. The Bertz CT molecular complexity index is 381. The van der Waals surface area contributed by atoms with E-state index in [-0.39, 0.29) is 5.41 Å². The lowest BCUT2D eigenvalue weighted by molar-refractivity contribution is 0.571. The number of halogens is 1. The van der Waals surface area contributed by atoms with Gasteiger partial charge >= 0.3 is 0 Å². The van der Waals surface area contributed by atoms with Crippen LogP contribution in [-0.4, -0.2) is 4.98 Å². The van der Waals surface area contributed by atoms with Gasteiger partial charge in [-0.25, -0.2) is 0 Å². The largest absolute Gasteiger partial charge is 0.260 e. The van der Waals surface area contributed by atoms with Crippen molar-refractivity contribution in [3.8, 4) is 0 Å². The van der Waals surface area contributed by atoms with E-state index in [9.17, 15) is 0 Å². The van der Waals surface area contributed by atoms with Crippen molar-refractivity contribution in [2.24, 2.45) is 0 Å². The topological polar surface area (TPSA) is 12.9 Å². The minimum atomic E-state index is 0.00993. The van der Waals surface area contributed by atoms with E-state index in [0.717, 1.165) is 12.1 Å². The van der Waals surface area contributed by atoms with Crippen LogP contribution >= 0.6 is 15.9 Å². The molecule has 14 heavy (non-hydrogen) atoms. The van der Waals surface area contributed by atoms with Crippen LogP contribution < -0.4 is 0 Å². The zero-order valence-corrected chi connectivity index (χ0v) is 9.66. The first-order valence-electron chi connectivity index (χ1n) is 4.68. The van der Waals surface area contributed by atoms with E-state index in [1.807, 2.05) is 18.3 Å². The van der Waals surface area contributed by atoms with Gasteiger partial charge in [-0.1, -0.05) is 40.2 Å². The van der Waals surface area contributed by atoms with Crippen LogP contribution in [-0.2, 0) is 5.41 Å². The smallest absolute Gasteiger partial charge is 0.0514 e. The average Bonchev–Trinajstić information content (AvgIpc) is 2.24. The quantitative estimate of drug-likeness (QED) is 0.742. The van der Waals surface area contributed by atoms with Crippen LogP contribution in [0, 0.1) is 0 Å². The zero-order chi connectivity index (χ0) is 10.0. The second-order valence-electron chi connectivity index (χ2n) is 3.69. The van der Waals surface area contributed by atoms with Crippen LogP contribution in [0.3, 0.4) is 0 Å². The minimum Gasteiger partial charge on any atom is -0.260 e. The van der Waals surface area contributed by atoms with E-state index in [0.29, 0.717) is 0 Å². The Morgan fingerprint density at radius 2 is 2.29 bits per heavy atom. The molecular weight excluding hydrogens is 238 g/mol. The third-order valence-corrected chi connectivity index (χ3v) is 3.80. The number of hydrogen-bond donors (Lipinski definition) is 0. The Balaban J connectivity index is 2.43. The Morgan fingerprint density at radius 3 is 2.93 bits per heavy atom. The molecule has 1 heterocycles. The van der Waals surface area contributed by atoms with E-state index in [2.05, 4.69) is 52.1 Å². The van der Waals surface area contributed by atoms with Gasteiger partial charge in [0.1, 0.15) is 0 Å². The van der Waals surface area contributed by atoms with Gasteiger partial charge in [-0.2, -0.15) is 0 Å². The molecule has 0 spiro atoms. The summed E-state index contributed by atoms with van der Waals surface area (Å²) in [6.07, 6.45) is 9.20. The summed E-state index contributed by atoms with van der Waals surface area (Å²) in [4.78, 5) is 4.42. The summed E-state index contributed by atoms with van der Waals surface area (Å²) >= 11 is 3.62. The summed E-state index contributed by atoms with van der Waals surface area (Å²) in [5, 5.41) is 0. The summed E-state index contributed by atoms with van der Waals surface area (Å²) in [6.45, 7) is 2.21. The molecule has 2 rings (SSSR count). The molecule has 1 nitrogen and oxygen atoms in total. The molecule has 72 valence electrons. The fourth-order valence-corrected chi connectivity index (χ4v) is 2.17. The molecule has 0 radical (unpaired) electrons. The van der Waals surface area contributed by atoms with Gasteiger partial charge < -0.3 is 0 Å². The maximum atomic E-state index is 4.42. The predicted molar refractivity (Wildman–Crippen MR) is 62.4 cm³/mol. The first-order valence-corrected chi connectivity index (χ1v) is 5.47. The van der Waals surface area contributed by atoms with Crippen LogP contribution in [0.5, 0.6) is 0 Å². The highest BCUT2D eigenvalue weighted by Gasteiger charge is 2.30. The molecule has 0 saturated carbocycles. The fourth-order valence-electron chi connectivity index (χ4n) is 1.65. The zero-order valence-electron chi connectivity index (χ0n) is 8.07. The van der Waals surface area contributed by atoms with E-state index < -0.39 is 0 Å². The third-order valence-electron chi connectivity index (χ3n) is 2.66. The molecule has 0 aliphatic heterocycles. The van der Waals surface area contributed by atoms with E-state index >= 15 is 0 Å². The van der Waals surface area contributed by atoms with Crippen molar-refractivity contribution in [3.05, 3.63) is 52.8 Å². The normalized spacial score (nSPS) is 26.0. The van der Waals surface area contributed by atoms with Gasteiger partial charge in [0.2, 0.25) is 0 Å². The van der Waals surface area contributed by atoms with Gasteiger partial charge in [-0.15, -0.1) is 0 Å². The SMILES string of the molecule is CC1(c2ccccn2)CC=CC=C1Br. The molecule has 1 aliphatic carbocycles. The molecule has 1 aliphatic rings. The Kier molecular flexibility index (Phi) is 2.55. The van der Waals surface area contributed by atoms with Crippen LogP contribution in [0.4, 0.5) is 0 Å². The highest BCUT2D eigenvalue weighted by Crippen LogP contribution is 2.39. The summed E-state index contributed by atoms with van der Waals surface area (Å²) in [6, 6.07) is 6.06. The molecule has 1 unspecified atom stereocenters. The number of pyridine rings is 1. The van der Waals surface area contributed by atoms with E-state index in [4.69, 9.17) is 0 Å². The Morgan fingerprint density at radius 1 is 1.43 bits per heavy atom. The Labute approximate surface area is 92.7 Å². The number of allylic oxidation sites excluding steroid dienone is 4. The molecule has 2 heteroatoms. The van der Waals surface area contributed by atoms with Gasteiger partial charge in [-0.05, 0) is 25.5 Å². The van der Waals surface area contributed by atoms with Crippen LogP contribution in [0.25, 0.3) is 0 Å². The molecule has 0 saturated heterocycles. The van der Waals surface area contributed by atoms with E-state index in [1.54, 1.807) is 0 Å². The summed E-state index contributed by atoms with van der Waals surface area (Å²) in [7, 11) is 0. The highest BCUT2D eigenvalue weighted by atomic mass is 79.9. The third kappa shape index (κ3) is 1.55. The first-order chi connectivity index (χ1) is 6.73. The molecule has 1 atom stereocenters. The van der Waals surface area contributed by atoms with Gasteiger partial charge in [0.05, 0.1) is 5.69 Å². The number of hydrogen-bond acceptors (Lipinski definition) is 1. The van der Waals surface area contributed by atoms with Gasteiger partial charge in [-0.3, -0.25) is 4.98 Å². The number of aromatic nitrogens is 1. The van der Waals surface area contributed by atoms with Crippen LogP contribution in [0.2, 0.25) is 0 Å². The minimum absolute atomic E-state index is 0.00993. The maximum absolute atomic E-state index is 4.42. The molecule has 0 fully saturated rings. The number of nitrogens with zero attached hydrogens (tertiary/aromatic N) is 1. The first kappa shape index (κ1) is 9.66. The van der Waals surface area contributed by atoms with Gasteiger partial charge in [0, 0.05) is 16.1 Å². The maximum Gasteiger partial charge on any atom is 0.0514 e. The highest BCUT2D eigenvalue weighted by molar-refractivity contribution is 9.11. The van der Waals surface area contributed by atoms with E-state index in [1.165, 1.54) is 4.48 Å². The molecule has 0 amide bonds. The standard InChI is InChI=1S/C12H12BrN/c1-12(8-4-2-6-10(12)13)11-7-3-5-9-14-11/h2-7,9H,8H2,1H3. The Hall–Kier alpha value is -0.890. The lowest BCUT2D eigenvalue weighted by atomic mass is 9.80. The monoisotopic (exact) mass is 249 g/mol. The van der Waals surface area contributed by atoms with Crippen molar-refractivity contribution in [2.45, 2.75) is 18.8 Å². The van der Waals surface area contributed by atoms with Gasteiger partial charge in [0.25, 0.3) is 0 Å². The van der Waals surface area contributed by atoms with Crippen molar-refractivity contribution < 1.29 is 0 Å². The summed E-state index contributed by atoms with van der Waals surface area (Å²) in [5.74, 6) is 0. The lowest BCUT2D eigenvalue weighted by Gasteiger charge is -2.29. The van der Waals surface area contributed by atoms with Crippen molar-refractivity contribution in [3.63, 3.8) is 0 Å².